The predicted molar refractivity (Wildman–Crippen MR) is 107 cm³/mol. The molecule has 1 N–H and O–H groups in total. The normalized spacial score (nSPS) is 16.8. The molecule has 2 heterocycles. The lowest BCUT2D eigenvalue weighted by atomic mass is 10.1. The smallest absolute Gasteiger partial charge is 0.410 e. The van der Waals surface area contributed by atoms with E-state index in [2.05, 4.69) is 22.5 Å². The lowest BCUT2D eigenvalue weighted by Gasteiger charge is -2.24. The molecule has 0 spiro atoms. The van der Waals surface area contributed by atoms with Crippen LogP contribution in [0.2, 0.25) is 0 Å². The van der Waals surface area contributed by atoms with Gasteiger partial charge in [-0.3, -0.25) is 4.79 Å². The number of rotatable bonds is 5. The van der Waals surface area contributed by atoms with Crippen molar-refractivity contribution in [1.29, 1.82) is 0 Å². The Bertz CT molecular complexity index is 811. The highest BCUT2D eigenvalue weighted by Crippen LogP contribution is 2.21. The second-order valence-corrected chi connectivity index (χ2v) is 8.08. The summed E-state index contributed by atoms with van der Waals surface area (Å²) < 4.78 is 7.19. The van der Waals surface area contributed by atoms with Gasteiger partial charge in [-0.05, 0) is 39.2 Å². The first-order chi connectivity index (χ1) is 13.3. The largest absolute Gasteiger partial charge is 0.444 e. The molecule has 1 aliphatic rings. The summed E-state index contributed by atoms with van der Waals surface area (Å²) in [4.78, 5) is 26.4. The van der Waals surface area contributed by atoms with Gasteiger partial charge in [-0.25, -0.2) is 9.48 Å². The number of hydrogen-bond acceptors (Lipinski definition) is 4. The number of carbonyl (C=O) groups excluding carboxylic acids is 2. The molecule has 7 nitrogen and oxygen atoms in total. The van der Waals surface area contributed by atoms with Crippen LogP contribution in [0.25, 0.3) is 0 Å². The molecule has 1 unspecified atom stereocenters. The van der Waals surface area contributed by atoms with E-state index in [1.54, 1.807) is 21.8 Å². The van der Waals surface area contributed by atoms with E-state index >= 15 is 0 Å². The molecule has 28 heavy (non-hydrogen) atoms. The Morgan fingerprint density at radius 1 is 1.21 bits per heavy atom. The molecular formula is C21H28N4O3. The highest BCUT2D eigenvalue weighted by molar-refractivity contribution is 5.92. The van der Waals surface area contributed by atoms with Gasteiger partial charge in [0.2, 0.25) is 5.91 Å². The van der Waals surface area contributed by atoms with Crippen LogP contribution >= 0.6 is 0 Å². The van der Waals surface area contributed by atoms with Crippen molar-refractivity contribution < 1.29 is 14.3 Å². The third-order valence-electron chi connectivity index (χ3n) is 4.63. The fourth-order valence-electron chi connectivity index (χ4n) is 3.19. The highest BCUT2D eigenvalue weighted by Gasteiger charge is 2.33. The zero-order valence-electron chi connectivity index (χ0n) is 16.7. The fourth-order valence-corrected chi connectivity index (χ4v) is 3.19. The monoisotopic (exact) mass is 384 g/mol. The summed E-state index contributed by atoms with van der Waals surface area (Å²) in [6.07, 6.45) is 2.78. The summed E-state index contributed by atoms with van der Waals surface area (Å²) in [5, 5.41) is 7.27. The second kappa shape index (κ2) is 8.46. The molecule has 2 amide bonds. The molecule has 1 aromatic carbocycles. The van der Waals surface area contributed by atoms with Crippen molar-refractivity contribution >= 4 is 17.8 Å². The van der Waals surface area contributed by atoms with E-state index < -0.39 is 5.60 Å². The van der Waals surface area contributed by atoms with Crippen molar-refractivity contribution in [1.82, 2.24) is 14.7 Å². The minimum absolute atomic E-state index is 0.0903. The topological polar surface area (TPSA) is 76.5 Å². The maximum atomic E-state index is 12.7. The van der Waals surface area contributed by atoms with Crippen LogP contribution in [-0.2, 0) is 22.5 Å². The van der Waals surface area contributed by atoms with Crippen molar-refractivity contribution in [3.8, 4) is 0 Å². The Morgan fingerprint density at radius 2 is 1.96 bits per heavy atom. The number of amides is 2. The number of anilines is 1. The summed E-state index contributed by atoms with van der Waals surface area (Å²) in [5.41, 5.74) is 0.682. The van der Waals surface area contributed by atoms with Gasteiger partial charge in [-0.15, -0.1) is 0 Å². The van der Waals surface area contributed by atoms with Crippen LogP contribution in [0.3, 0.4) is 0 Å². The lowest BCUT2D eigenvalue weighted by Crippen LogP contribution is -2.36. The molecule has 0 saturated carbocycles. The van der Waals surface area contributed by atoms with Crippen LogP contribution in [-0.4, -0.2) is 45.4 Å². The van der Waals surface area contributed by atoms with E-state index in [1.807, 2.05) is 39.0 Å². The third kappa shape index (κ3) is 5.34. The van der Waals surface area contributed by atoms with Gasteiger partial charge in [-0.2, -0.15) is 5.10 Å². The molecule has 2 aromatic rings. The van der Waals surface area contributed by atoms with Crippen LogP contribution in [0.15, 0.2) is 42.6 Å². The second-order valence-electron chi connectivity index (χ2n) is 8.08. The Labute approximate surface area is 165 Å². The Kier molecular flexibility index (Phi) is 6.02. The summed E-state index contributed by atoms with van der Waals surface area (Å²) in [5.74, 6) is 0.342. The standard InChI is InChI=1S/C21H28N4O3/c1-21(2,3)28-20(27)24-13-11-17(15-24)19(26)23-18-9-12-22-25(18)14-10-16-7-5-4-6-8-16/h4-9,12,17H,10-11,13-15H2,1-3H3,(H,23,26). The maximum Gasteiger partial charge on any atom is 0.410 e. The van der Waals surface area contributed by atoms with E-state index in [1.165, 1.54) is 5.56 Å². The number of hydrogen-bond donors (Lipinski definition) is 1. The molecule has 1 atom stereocenters. The first-order valence-electron chi connectivity index (χ1n) is 9.66. The van der Waals surface area contributed by atoms with Crippen LogP contribution in [0, 0.1) is 5.92 Å². The van der Waals surface area contributed by atoms with Gasteiger partial charge < -0.3 is 15.0 Å². The number of benzene rings is 1. The van der Waals surface area contributed by atoms with E-state index in [0.717, 1.165) is 6.42 Å². The number of aromatic nitrogens is 2. The zero-order chi connectivity index (χ0) is 20.1. The maximum absolute atomic E-state index is 12.7. The molecule has 1 saturated heterocycles. The average Bonchev–Trinajstić information content (AvgIpc) is 3.29. The average molecular weight is 384 g/mol. The molecule has 3 rings (SSSR count). The van der Waals surface area contributed by atoms with Crippen LogP contribution in [0.5, 0.6) is 0 Å². The molecule has 7 heteroatoms. The first-order valence-corrected chi connectivity index (χ1v) is 9.66. The van der Waals surface area contributed by atoms with Crippen LogP contribution in [0.1, 0.15) is 32.8 Å². The number of aryl methyl sites for hydroxylation is 2. The van der Waals surface area contributed by atoms with E-state index in [9.17, 15) is 9.59 Å². The van der Waals surface area contributed by atoms with Crippen molar-refractivity contribution in [2.45, 2.75) is 45.8 Å². The summed E-state index contributed by atoms with van der Waals surface area (Å²) in [7, 11) is 0. The number of ether oxygens (including phenoxy) is 1. The molecule has 0 aliphatic carbocycles. The number of nitrogens with one attached hydrogen (secondary N) is 1. The quantitative estimate of drug-likeness (QED) is 0.858. The Morgan fingerprint density at radius 3 is 2.68 bits per heavy atom. The highest BCUT2D eigenvalue weighted by atomic mass is 16.6. The van der Waals surface area contributed by atoms with E-state index in [4.69, 9.17) is 4.74 Å². The number of carbonyl (C=O) groups is 2. The van der Waals surface area contributed by atoms with Gasteiger partial charge >= 0.3 is 6.09 Å². The minimum Gasteiger partial charge on any atom is -0.444 e. The van der Waals surface area contributed by atoms with E-state index in [0.29, 0.717) is 31.9 Å². The Balaban J connectivity index is 1.53. The van der Waals surface area contributed by atoms with Crippen molar-refractivity contribution in [2.75, 3.05) is 18.4 Å². The summed E-state index contributed by atoms with van der Waals surface area (Å²) in [6.45, 7) is 7.09. The zero-order valence-corrected chi connectivity index (χ0v) is 16.7. The molecule has 1 fully saturated rings. The molecule has 1 aliphatic heterocycles. The van der Waals surface area contributed by atoms with Gasteiger partial charge in [0.05, 0.1) is 12.1 Å². The molecule has 1 aromatic heterocycles. The molecule has 0 radical (unpaired) electrons. The van der Waals surface area contributed by atoms with Crippen LogP contribution < -0.4 is 5.32 Å². The fraction of sp³-hybridized carbons (Fsp3) is 0.476. The van der Waals surface area contributed by atoms with Crippen molar-refractivity contribution in [3.05, 3.63) is 48.2 Å². The molecular weight excluding hydrogens is 356 g/mol. The van der Waals surface area contributed by atoms with Gasteiger partial charge in [0.25, 0.3) is 0 Å². The Hall–Kier alpha value is -2.83. The van der Waals surface area contributed by atoms with Gasteiger partial charge in [0.15, 0.2) is 0 Å². The minimum atomic E-state index is -0.539. The number of likely N-dealkylation sites (tertiary alicyclic amines) is 1. The SMILES string of the molecule is CC(C)(C)OC(=O)N1CCC(C(=O)Nc2ccnn2CCc2ccccc2)C1. The predicted octanol–water partition coefficient (Wildman–Crippen LogP) is 3.32. The van der Waals surface area contributed by atoms with Gasteiger partial charge in [0, 0.05) is 25.7 Å². The number of nitrogens with zero attached hydrogens (tertiary/aromatic N) is 3. The van der Waals surface area contributed by atoms with Gasteiger partial charge in [0.1, 0.15) is 11.4 Å². The first kappa shape index (κ1) is 19.9. The summed E-state index contributed by atoms with van der Waals surface area (Å²) >= 11 is 0. The van der Waals surface area contributed by atoms with E-state index in [-0.39, 0.29) is 17.9 Å². The lowest BCUT2D eigenvalue weighted by molar-refractivity contribution is -0.119. The molecule has 0 bridgehead atoms. The molecule has 150 valence electrons. The third-order valence-corrected chi connectivity index (χ3v) is 4.63. The van der Waals surface area contributed by atoms with Gasteiger partial charge in [-0.1, -0.05) is 30.3 Å². The van der Waals surface area contributed by atoms with Crippen molar-refractivity contribution in [3.63, 3.8) is 0 Å². The van der Waals surface area contributed by atoms with Crippen LogP contribution in [0.4, 0.5) is 10.6 Å². The van der Waals surface area contributed by atoms with Crippen molar-refractivity contribution in [2.24, 2.45) is 5.92 Å². The summed E-state index contributed by atoms with van der Waals surface area (Å²) in [6, 6.07) is 12.0.